The first kappa shape index (κ1) is 14.8. The van der Waals surface area contributed by atoms with Crippen molar-refractivity contribution >= 4 is 9.47 Å². The van der Waals surface area contributed by atoms with E-state index in [2.05, 4.69) is 76.2 Å². The standard InChI is InChI=1S/C20H19OP/c22-21-20-18(14-16-8-3-1-4-9-16)12-7-13-19(20)15-17-10-5-2-6-11-17/h1-13H,14-15,22H2. The van der Waals surface area contributed by atoms with Gasteiger partial charge in [-0.1, -0.05) is 78.9 Å². The molecule has 0 saturated carbocycles. The van der Waals surface area contributed by atoms with Gasteiger partial charge in [-0.15, -0.1) is 0 Å². The maximum atomic E-state index is 5.64. The summed E-state index contributed by atoms with van der Waals surface area (Å²) in [5, 5.41) is 0. The zero-order valence-corrected chi connectivity index (χ0v) is 13.6. The molecule has 3 rings (SSSR count). The highest BCUT2D eigenvalue weighted by atomic mass is 31.0. The fraction of sp³-hybridized carbons (Fsp3) is 0.100. The summed E-state index contributed by atoms with van der Waals surface area (Å²) < 4.78 is 5.64. The van der Waals surface area contributed by atoms with Crippen molar-refractivity contribution in [2.24, 2.45) is 0 Å². The summed E-state index contributed by atoms with van der Waals surface area (Å²) >= 11 is 0. The Bertz CT molecular complexity index is 663. The average molecular weight is 306 g/mol. The van der Waals surface area contributed by atoms with Crippen molar-refractivity contribution in [2.75, 3.05) is 0 Å². The minimum absolute atomic E-state index is 0.882. The molecule has 1 unspecified atom stereocenters. The molecule has 0 fully saturated rings. The molecule has 0 aromatic heterocycles. The van der Waals surface area contributed by atoms with E-state index >= 15 is 0 Å². The smallest absolute Gasteiger partial charge is 0.129 e. The number of rotatable bonds is 5. The average Bonchev–Trinajstić information content (AvgIpc) is 2.57. The molecule has 0 heterocycles. The van der Waals surface area contributed by atoms with Gasteiger partial charge >= 0.3 is 0 Å². The second kappa shape index (κ2) is 7.24. The van der Waals surface area contributed by atoms with E-state index < -0.39 is 0 Å². The summed E-state index contributed by atoms with van der Waals surface area (Å²) in [5.74, 6) is 0.972. The van der Waals surface area contributed by atoms with Gasteiger partial charge in [0.25, 0.3) is 0 Å². The molecule has 110 valence electrons. The molecule has 0 radical (unpaired) electrons. The van der Waals surface area contributed by atoms with Crippen LogP contribution in [0.25, 0.3) is 0 Å². The number of hydrogen-bond acceptors (Lipinski definition) is 1. The minimum atomic E-state index is 0.882. The van der Waals surface area contributed by atoms with Crippen LogP contribution in [0, 0.1) is 0 Å². The van der Waals surface area contributed by atoms with E-state index in [0.717, 1.165) is 18.6 Å². The Balaban J connectivity index is 1.90. The quantitative estimate of drug-likeness (QED) is 0.600. The highest BCUT2D eigenvalue weighted by molar-refractivity contribution is 7.10. The van der Waals surface area contributed by atoms with Gasteiger partial charge in [-0.2, -0.15) is 0 Å². The second-order valence-corrected chi connectivity index (χ2v) is 5.58. The zero-order chi connectivity index (χ0) is 15.2. The van der Waals surface area contributed by atoms with Crippen molar-refractivity contribution < 1.29 is 4.52 Å². The summed E-state index contributed by atoms with van der Waals surface area (Å²) in [6, 6.07) is 27.4. The Labute approximate surface area is 134 Å². The third kappa shape index (κ3) is 3.55. The number of benzene rings is 3. The van der Waals surface area contributed by atoms with E-state index in [1.165, 1.54) is 22.3 Å². The zero-order valence-electron chi connectivity index (χ0n) is 12.4. The lowest BCUT2D eigenvalue weighted by Gasteiger charge is -2.14. The van der Waals surface area contributed by atoms with Gasteiger partial charge < -0.3 is 4.52 Å². The van der Waals surface area contributed by atoms with E-state index in [1.807, 2.05) is 12.1 Å². The summed E-state index contributed by atoms with van der Waals surface area (Å²) in [6.07, 6.45) is 1.76. The van der Waals surface area contributed by atoms with Crippen LogP contribution in [0.3, 0.4) is 0 Å². The third-order valence-corrected chi connectivity index (χ3v) is 4.01. The highest BCUT2D eigenvalue weighted by Crippen LogP contribution is 2.29. The molecule has 0 spiro atoms. The molecule has 0 bridgehead atoms. The van der Waals surface area contributed by atoms with Crippen molar-refractivity contribution in [3.05, 3.63) is 101 Å². The van der Waals surface area contributed by atoms with Crippen LogP contribution in [-0.4, -0.2) is 0 Å². The van der Waals surface area contributed by atoms with E-state index in [1.54, 1.807) is 0 Å². The van der Waals surface area contributed by atoms with Gasteiger partial charge in [0.05, 0.1) is 9.47 Å². The van der Waals surface area contributed by atoms with E-state index in [-0.39, 0.29) is 0 Å². The Morgan fingerprint density at radius 1 is 0.591 bits per heavy atom. The Morgan fingerprint density at radius 2 is 1.05 bits per heavy atom. The van der Waals surface area contributed by atoms with Crippen LogP contribution in [-0.2, 0) is 12.8 Å². The van der Waals surface area contributed by atoms with Crippen molar-refractivity contribution in [3.63, 3.8) is 0 Å². The predicted octanol–water partition coefficient (Wildman–Crippen LogP) is 5.04. The van der Waals surface area contributed by atoms with Crippen molar-refractivity contribution in [1.82, 2.24) is 0 Å². The molecule has 0 amide bonds. The predicted molar refractivity (Wildman–Crippen MR) is 95.3 cm³/mol. The first-order chi connectivity index (χ1) is 10.9. The first-order valence-electron chi connectivity index (χ1n) is 7.42. The van der Waals surface area contributed by atoms with Gasteiger partial charge in [0.15, 0.2) is 0 Å². The number of para-hydroxylation sites is 1. The largest absolute Gasteiger partial charge is 0.480 e. The topological polar surface area (TPSA) is 9.23 Å². The van der Waals surface area contributed by atoms with Gasteiger partial charge in [0, 0.05) is 12.8 Å². The minimum Gasteiger partial charge on any atom is -0.480 e. The van der Waals surface area contributed by atoms with E-state index in [0.29, 0.717) is 0 Å². The van der Waals surface area contributed by atoms with Gasteiger partial charge in [-0.05, 0) is 22.3 Å². The first-order valence-corrected chi connectivity index (χ1v) is 7.89. The summed E-state index contributed by atoms with van der Waals surface area (Å²) in [7, 11) is 2.39. The van der Waals surface area contributed by atoms with Crippen LogP contribution in [0.2, 0.25) is 0 Å². The third-order valence-electron chi connectivity index (χ3n) is 3.77. The van der Waals surface area contributed by atoms with Crippen LogP contribution in [0.15, 0.2) is 78.9 Å². The molecule has 2 heteroatoms. The molecule has 0 aliphatic rings. The van der Waals surface area contributed by atoms with Crippen LogP contribution in [0.1, 0.15) is 22.3 Å². The SMILES string of the molecule is POc1c(Cc2ccccc2)cccc1Cc1ccccc1. The molecule has 0 saturated heterocycles. The van der Waals surface area contributed by atoms with E-state index in [4.69, 9.17) is 4.52 Å². The lowest BCUT2D eigenvalue weighted by Crippen LogP contribution is -1.97. The van der Waals surface area contributed by atoms with Crippen LogP contribution < -0.4 is 4.52 Å². The molecule has 22 heavy (non-hydrogen) atoms. The fourth-order valence-electron chi connectivity index (χ4n) is 2.70. The second-order valence-electron chi connectivity index (χ2n) is 5.35. The lowest BCUT2D eigenvalue weighted by atomic mass is 9.98. The molecular formula is C20H19OP. The van der Waals surface area contributed by atoms with Crippen molar-refractivity contribution in [3.8, 4) is 5.75 Å². The summed E-state index contributed by atoms with van der Waals surface area (Å²) in [6.45, 7) is 0. The molecule has 3 aromatic rings. The van der Waals surface area contributed by atoms with Gasteiger partial charge in [-0.25, -0.2) is 0 Å². The summed E-state index contributed by atoms with van der Waals surface area (Å²) in [4.78, 5) is 0. The van der Waals surface area contributed by atoms with Gasteiger partial charge in [0.2, 0.25) is 0 Å². The number of hydrogen-bond donors (Lipinski definition) is 0. The normalized spacial score (nSPS) is 10.4. The molecule has 0 aliphatic carbocycles. The van der Waals surface area contributed by atoms with Crippen molar-refractivity contribution in [2.45, 2.75) is 12.8 Å². The van der Waals surface area contributed by atoms with Crippen LogP contribution >= 0.6 is 9.47 Å². The molecule has 3 aromatic carbocycles. The summed E-state index contributed by atoms with van der Waals surface area (Å²) in [5.41, 5.74) is 5.02. The highest BCUT2D eigenvalue weighted by Gasteiger charge is 2.10. The van der Waals surface area contributed by atoms with Crippen LogP contribution in [0.4, 0.5) is 0 Å². The van der Waals surface area contributed by atoms with Gasteiger partial charge in [0.1, 0.15) is 5.75 Å². The molecule has 0 N–H and O–H groups in total. The molecule has 1 atom stereocenters. The fourth-order valence-corrected chi connectivity index (χ4v) is 3.00. The van der Waals surface area contributed by atoms with Gasteiger partial charge in [-0.3, -0.25) is 0 Å². The Kier molecular flexibility index (Phi) is 4.88. The van der Waals surface area contributed by atoms with Crippen molar-refractivity contribution in [1.29, 1.82) is 0 Å². The Hall–Kier alpha value is -2.11. The monoisotopic (exact) mass is 306 g/mol. The molecular weight excluding hydrogens is 287 g/mol. The molecule has 0 aliphatic heterocycles. The van der Waals surface area contributed by atoms with E-state index in [9.17, 15) is 0 Å². The maximum Gasteiger partial charge on any atom is 0.129 e. The Morgan fingerprint density at radius 3 is 1.45 bits per heavy atom. The van der Waals surface area contributed by atoms with Crippen LogP contribution in [0.5, 0.6) is 5.75 Å². The maximum absolute atomic E-state index is 5.64. The molecule has 1 nitrogen and oxygen atoms in total. The lowest BCUT2D eigenvalue weighted by molar-refractivity contribution is 0.627.